The smallest absolute Gasteiger partial charge is 0.191 e. The van der Waals surface area contributed by atoms with E-state index in [0.717, 1.165) is 21.0 Å². The van der Waals surface area contributed by atoms with Gasteiger partial charge in [0.1, 0.15) is 0 Å². The van der Waals surface area contributed by atoms with Crippen molar-refractivity contribution in [3.8, 4) is 11.4 Å². The Morgan fingerprint density at radius 1 is 1.09 bits per heavy atom. The Bertz CT molecular complexity index is 816. The van der Waals surface area contributed by atoms with Gasteiger partial charge < -0.3 is 4.57 Å². The summed E-state index contributed by atoms with van der Waals surface area (Å²) in [5.74, 6) is 1.21. The molecule has 2 aromatic carbocycles. The fourth-order valence-corrected chi connectivity index (χ4v) is 3.20. The maximum Gasteiger partial charge on any atom is 0.191 e. The van der Waals surface area contributed by atoms with Gasteiger partial charge in [0.25, 0.3) is 0 Å². The Morgan fingerprint density at radius 2 is 1.78 bits per heavy atom. The number of ketones is 1. The zero-order valence-corrected chi connectivity index (χ0v) is 14.8. The first-order valence-corrected chi connectivity index (χ1v) is 8.79. The SMILES string of the molecule is Cn1c(SCC(=O)c2ccc(Br)cc2)nnc1-c1ccccc1. The topological polar surface area (TPSA) is 47.8 Å². The summed E-state index contributed by atoms with van der Waals surface area (Å²) in [6.07, 6.45) is 0. The van der Waals surface area contributed by atoms with Gasteiger partial charge in [0.05, 0.1) is 5.75 Å². The van der Waals surface area contributed by atoms with Crippen LogP contribution < -0.4 is 0 Å². The fourth-order valence-electron chi connectivity index (χ4n) is 2.13. The summed E-state index contributed by atoms with van der Waals surface area (Å²) in [4.78, 5) is 12.2. The first kappa shape index (κ1) is 16.0. The van der Waals surface area contributed by atoms with Gasteiger partial charge in [-0.1, -0.05) is 70.2 Å². The van der Waals surface area contributed by atoms with Gasteiger partial charge in [0.15, 0.2) is 16.8 Å². The molecule has 0 spiro atoms. The highest BCUT2D eigenvalue weighted by atomic mass is 79.9. The quantitative estimate of drug-likeness (QED) is 0.485. The molecule has 0 radical (unpaired) electrons. The molecular formula is C17H14BrN3OS. The number of halogens is 1. The molecule has 1 aromatic heterocycles. The summed E-state index contributed by atoms with van der Waals surface area (Å²) >= 11 is 4.76. The van der Waals surface area contributed by atoms with Crippen LogP contribution in [0.4, 0.5) is 0 Å². The maximum atomic E-state index is 12.2. The number of nitrogens with zero attached hydrogens (tertiary/aromatic N) is 3. The Morgan fingerprint density at radius 3 is 2.48 bits per heavy atom. The Kier molecular flexibility index (Phi) is 4.93. The van der Waals surface area contributed by atoms with Crippen molar-refractivity contribution in [1.82, 2.24) is 14.8 Å². The van der Waals surface area contributed by atoms with E-state index in [0.29, 0.717) is 11.3 Å². The van der Waals surface area contributed by atoms with E-state index in [9.17, 15) is 4.79 Å². The molecule has 0 saturated heterocycles. The predicted octanol–water partition coefficient (Wildman–Crippen LogP) is 4.22. The third-order valence-electron chi connectivity index (χ3n) is 3.37. The molecule has 0 atom stereocenters. The van der Waals surface area contributed by atoms with E-state index in [1.165, 1.54) is 11.8 Å². The van der Waals surface area contributed by atoms with Gasteiger partial charge in [0, 0.05) is 22.6 Å². The molecule has 6 heteroatoms. The molecule has 116 valence electrons. The zero-order chi connectivity index (χ0) is 16.2. The summed E-state index contributed by atoms with van der Waals surface area (Å²) in [5.41, 5.74) is 1.71. The van der Waals surface area contributed by atoms with Gasteiger partial charge in [-0.25, -0.2) is 0 Å². The molecule has 0 unspecified atom stereocenters. The second-order valence-corrected chi connectivity index (χ2v) is 6.81. The number of rotatable bonds is 5. The van der Waals surface area contributed by atoms with Crippen molar-refractivity contribution >= 4 is 33.5 Å². The van der Waals surface area contributed by atoms with Crippen molar-refractivity contribution in [1.29, 1.82) is 0 Å². The molecule has 23 heavy (non-hydrogen) atoms. The normalized spacial score (nSPS) is 10.7. The Hall–Kier alpha value is -1.92. The minimum absolute atomic E-state index is 0.0757. The van der Waals surface area contributed by atoms with E-state index >= 15 is 0 Å². The monoisotopic (exact) mass is 387 g/mol. The van der Waals surface area contributed by atoms with Crippen LogP contribution in [0, 0.1) is 0 Å². The zero-order valence-electron chi connectivity index (χ0n) is 12.4. The number of aromatic nitrogens is 3. The van der Waals surface area contributed by atoms with Gasteiger partial charge in [-0.2, -0.15) is 0 Å². The largest absolute Gasteiger partial charge is 0.305 e. The van der Waals surface area contributed by atoms with E-state index in [2.05, 4.69) is 26.1 Å². The first-order chi connectivity index (χ1) is 11.1. The number of benzene rings is 2. The first-order valence-electron chi connectivity index (χ1n) is 7.01. The second-order valence-electron chi connectivity index (χ2n) is 4.95. The van der Waals surface area contributed by atoms with Gasteiger partial charge in [0.2, 0.25) is 0 Å². The van der Waals surface area contributed by atoms with E-state index < -0.39 is 0 Å². The number of Topliss-reactive ketones (excluding diaryl/α,β-unsaturated/α-hetero) is 1. The van der Waals surface area contributed by atoms with E-state index in [1.54, 1.807) is 0 Å². The third kappa shape index (κ3) is 3.71. The van der Waals surface area contributed by atoms with Crippen molar-refractivity contribution in [2.75, 3.05) is 5.75 Å². The van der Waals surface area contributed by atoms with Crippen molar-refractivity contribution < 1.29 is 4.79 Å². The van der Waals surface area contributed by atoms with Gasteiger partial charge in [-0.3, -0.25) is 4.79 Å². The standard InChI is InChI=1S/C17H14BrN3OS/c1-21-16(13-5-3-2-4-6-13)19-20-17(21)23-11-15(22)12-7-9-14(18)10-8-12/h2-10H,11H2,1H3. The van der Waals surface area contributed by atoms with Crippen molar-refractivity contribution in [3.05, 3.63) is 64.6 Å². The van der Waals surface area contributed by atoms with Gasteiger partial charge >= 0.3 is 0 Å². The number of thioether (sulfide) groups is 1. The van der Waals surface area contributed by atoms with E-state index in [1.807, 2.05) is 66.2 Å². The molecule has 0 aliphatic rings. The number of carbonyl (C=O) groups excluding carboxylic acids is 1. The minimum Gasteiger partial charge on any atom is -0.305 e. The van der Waals surface area contributed by atoms with Crippen LogP contribution in [0.1, 0.15) is 10.4 Å². The lowest BCUT2D eigenvalue weighted by Crippen LogP contribution is -2.03. The number of hydrogen-bond acceptors (Lipinski definition) is 4. The molecule has 3 rings (SSSR count). The van der Waals surface area contributed by atoms with Crippen LogP contribution in [0.3, 0.4) is 0 Å². The molecule has 3 aromatic rings. The lowest BCUT2D eigenvalue weighted by Gasteiger charge is -2.04. The van der Waals surface area contributed by atoms with Crippen molar-refractivity contribution in [3.63, 3.8) is 0 Å². The molecule has 0 aliphatic carbocycles. The summed E-state index contributed by atoms with van der Waals surface area (Å²) in [7, 11) is 1.91. The van der Waals surface area contributed by atoms with Crippen LogP contribution in [-0.2, 0) is 7.05 Å². The lowest BCUT2D eigenvalue weighted by molar-refractivity contribution is 0.102. The molecule has 0 N–H and O–H groups in total. The molecular weight excluding hydrogens is 374 g/mol. The minimum atomic E-state index is 0.0757. The predicted molar refractivity (Wildman–Crippen MR) is 95.6 cm³/mol. The van der Waals surface area contributed by atoms with E-state index in [4.69, 9.17) is 0 Å². The molecule has 0 amide bonds. The van der Waals surface area contributed by atoms with Crippen LogP contribution in [0.5, 0.6) is 0 Å². The summed E-state index contributed by atoms with van der Waals surface area (Å²) < 4.78 is 2.87. The highest BCUT2D eigenvalue weighted by Crippen LogP contribution is 2.23. The highest BCUT2D eigenvalue weighted by molar-refractivity contribution is 9.10. The summed E-state index contributed by atoms with van der Waals surface area (Å²) in [5, 5.41) is 9.14. The number of carbonyl (C=O) groups is 1. The van der Waals surface area contributed by atoms with Gasteiger partial charge in [-0.05, 0) is 12.1 Å². The second kappa shape index (κ2) is 7.10. The summed E-state index contributed by atoms with van der Waals surface area (Å²) in [6.45, 7) is 0. The average Bonchev–Trinajstić information content (AvgIpc) is 2.95. The van der Waals surface area contributed by atoms with Crippen molar-refractivity contribution in [2.45, 2.75) is 5.16 Å². The molecule has 0 bridgehead atoms. The molecule has 0 fully saturated rings. The fraction of sp³-hybridized carbons (Fsp3) is 0.118. The Balaban J connectivity index is 1.71. The summed E-state index contributed by atoms with van der Waals surface area (Å²) in [6, 6.07) is 17.3. The van der Waals surface area contributed by atoms with Crippen LogP contribution in [0.2, 0.25) is 0 Å². The third-order valence-corrected chi connectivity index (χ3v) is 4.91. The van der Waals surface area contributed by atoms with Crippen LogP contribution in [0.25, 0.3) is 11.4 Å². The molecule has 1 heterocycles. The Labute approximate surface area is 147 Å². The average molecular weight is 388 g/mol. The van der Waals surface area contributed by atoms with Gasteiger partial charge in [-0.15, -0.1) is 10.2 Å². The molecule has 0 saturated carbocycles. The number of hydrogen-bond donors (Lipinski definition) is 0. The maximum absolute atomic E-state index is 12.2. The lowest BCUT2D eigenvalue weighted by atomic mass is 10.2. The molecule has 0 aliphatic heterocycles. The van der Waals surface area contributed by atoms with E-state index in [-0.39, 0.29) is 5.78 Å². The van der Waals surface area contributed by atoms with Crippen LogP contribution >= 0.6 is 27.7 Å². The van der Waals surface area contributed by atoms with Crippen LogP contribution in [-0.4, -0.2) is 26.3 Å². The highest BCUT2D eigenvalue weighted by Gasteiger charge is 2.13. The van der Waals surface area contributed by atoms with Crippen molar-refractivity contribution in [2.24, 2.45) is 7.05 Å². The molecule has 4 nitrogen and oxygen atoms in total. The van der Waals surface area contributed by atoms with Crippen LogP contribution in [0.15, 0.2) is 64.2 Å².